The van der Waals surface area contributed by atoms with Crippen molar-refractivity contribution in [2.24, 2.45) is 23.0 Å². The predicted octanol–water partition coefficient (Wildman–Crippen LogP) is 4.93. The molecule has 2 nitrogen and oxygen atoms in total. The lowest BCUT2D eigenvalue weighted by atomic mass is 9.64. The van der Waals surface area contributed by atoms with Gasteiger partial charge in [-0.25, -0.2) is 0 Å². The zero-order valence-corrected chi connectivity index (χ0v) is 15.1. The fraction of sp³-hybridized carbons (Fsp3) is 0.647. The fourth-order valence-corrected chi connectivity index (χ4v) is 4.17. The first kappa shape index (κ1) is 17.3. The summed E-state index contributed by atoms with van der Waals surface area (Å²) in [6.45, 7) is 5.08. The zero-order valence-electron chi connectivity index (χ0n) is 12.8. The molecule has 1 unspecified atom stereocenters. The number of halogens is 2. The van der Waals surface area contributed by atoms with E-state index in [0.29, 0.717) is 17.5 Å². The Bertz CT molecular complexity index is 484. The van der Waals surface area contributed by atoms with E-state index in [9.17, 15) is 5.11 Å². The molecule has 0 heterocycles. The minimum atomic E-state index is -0.566. The summed E-state index contributed by atoms with van der Waals surface area (Å²) in [5, 5.41) is 11.6. The van der Waals surface area contributed by atoms with Gasteiger partial charge in [0.25, 0.3) is 0 Å². The number of aliphatic hydroxyl groups is 1. The highest BCUT2D eigenvalue weighted by Gasteiger charge is 2.42. The highest BCUT2D eigenvalue weighted by atomic mass is 79.9. The minimum Gasteiger partial charge on any atom is -0.388 e. The molecular formula is C17H25BrClNO. The minimum absolute atomic E-state index is 0.224. The van der Waals surface area contributed by atoms with Crippen molar-refractivity contribution in [1.82, 2.24) is 0 Å². The second kappa shape index (κ2) is 6.99. The third-order valence-electron chi connectivity index (χ3n) is 5.21. The average molecular weight is 375 g/mol. The molecule has 1 aromatic carbocycles. The number of hydrogen-bond acceptors (Lipinski definition) is 2. The molecule has 1 aliphatic rings. The summed E-state index contributed by atoms with van der Waals surface area (Å²) in [7, 11) is 0. The van der Waals surface area contributed by atoms with Crippen LogP contribution in [0.4, 0.5) is 0 Å². The molecule has 0 aromatic heterocycles. The zero-order chi connectivity index (χ0) is 15.6. The third kappa shape index (κ3) is 3.64. The largest absolute Gasteiger partial charge is 0.388 e. The van der Waals surface area contributed by atoms with E-state index in [2.05, 4.69) is 29.8 Å². The van der Waals surface area contributed by atoms with Gasteiger partial charge in [-0.05, 0) is 61.3 Å². The van der Waals surface area contributed by atoms with Gasteiger partial charge in [0.15, 0.2) is 0 Å². The van der Waals surface area contributed by atoms with Crippen LogP contribution in [-0.4, -0.2) is 11.7 Å². The van der Waals surface area contributed by atoms with E-state index in [1.807, 2.05) is 18.2 Å². The monoisotopic (exact) mass is 373 g/mol. The van der Waals surface area contributed by atoms with Gasteiger partial charge in [0.2, 0.25) is 0 Å². The summed E-state index contributed by atoms with van der Waals surface area (Å²) in [5.41, 5.74) is 6.71. The third-order valence-corrected chi connectivity index (χ3v) is 6.17. The number of rotatable bonds is 4. The van der Waals surface area contributed by atoms with Crippen LogP contribution in [0.3, 0.4) is 0 Å². The lowest BCUT2D eigenvalue weighted by molar-refractivity contribution is -0.0152. The lowest BCUT2D eigenvalue weighted by Crippen LogP contribution is -2.41. The molecule has 0 saturated heterocycles. The van der Waals surface area contributed by atoms with Crippen LogP contribution in [0.2, 0.25) is 5.02 Å². The summed E-state index contributed by atoms with van der Waals surface area (Å²) in [5.74, 6) is 1.45. The number of aliphatic hydroxyl groups excluding tert-OH is 1. The van der Waals surface area contributed by atoms with Crippen LogP contribution >= 0.6 is 27.5 Å². The molecule has 0 aliphatic heterocycles. The van der Waals surface area contributed by atoms with Crippen LogP contribution in [0.15, 0.2) is 22.7 Å². The van der Waals surface area contributed by atoms with E-state index in [0.717, 1.165) is 41.6 Å². The highest BCUT2D eigenvalue weighted by Crippen LogP contribution is 2.49. The van der Waals surface area contributed by atoms with Crippen molar-refractivity contribution in [3.63, 3.8) is 0 Å². The van der Waals surface area contributed by atoms with Gasteiger partial charge in [0.1, 0.15) is 0 Å². The van der Waals surface area contributed by atoms with E-state index in [1.165, 1.54) is 0 Å². The summed E-state index contributed by atoms with van der Waals surface area (Å²) in [4.78, 5) is 0. The van der Waals surface area contributed by atoms with Crippen LogP contribution in [0.25, 0.3) is 0 Å². The smallest absolute Gasteiger partial charge is 0.0869 e. The molecule has 1 saturated carbocycles. The van der Waals surface area contributed by atoms with Crippen molar-refractivity contribution >= 4 is 27.5 Å². The van der Waals surface area contributed by atoms with Gasteiger partial charge in [-0.1, -0.05) is 41.4 Å². The normalized spacial score (nSPS) is 27.9. The Labute approximate surface area is 141 Å². The van der Waals surface area contributed by atoms with Gasteiger partial charge >= 0.3 is 0 Å². The molecule has 0 spiro atoms. The van der Waals surface area contributed by atoms with Crippen LogP contribution in [-0.2, 0) is 0 Å². The van der Waals surface area contributed by atoms with Gasteiger partial charge in [-0.15, -0.1) is 0 Å². The molecule has 1 fully saturated rings. The van der Waals surface area contributed by atoms with Gasteiger partial charge in [0, 0.05) is 21.5 Å². The Balaban J connectivity index is 2.23. The highest BCUT2D eigenvalue weighted by molar-refractivity contribution is 9.10. The average Bonchev–Trinajstić information content (AvgIpc) is 2.49. The first-order valence-electron chi connectivity index (χ1n) is 7.72. The van der Waals surface area contributed by atoms with Crippen molar-refractivity contribution in [2.45, 2.75) is 45.6 Å². The second-order valence-corrected chi connectivity index (χ2v) is 8.01. The van der Waals surface area contributed by atoms with Crippen molar-refractivity contribution in [3.8, 4) is 0 Å². The summed E-state index contributed by atoms with van der Waals surface area (Å²) in [6, 6.07) is 5.57. The molecular weight excluding hydrogens is 350 g/mol. The summed E-state index contributed by atoms with van der Waals surface area (Å²) in [6.07, 6.45) is 3.68. The standard InChI is InChI=1S/C17H25BrClNO/c1-11(2)12-5-7-17(10-20,8-6-12)16(21)14-9-13(19)3-4-15(14)18/h3-4,9,11-12,16,21H,5-8,10,20H2,1-2H3. The Morgan fingerprint density at radius 3 is 2.52 bits per heavy atom. The first-order valence-corrected chi connectivity index (χ1v) is 8.90. The van der Waals surface area contributed by atoms with Crippen LogP contribution in [0.1, 0.15) is 51.2 Å². The van der Waals surface area contributed by atoms with Crippen LogP contribution in [0.5, 0.6) is 0 Å². The van der Waals surface area contributed by atoms with Crippen molar-refractivity contribution in [3.05, 3.63) is 33.3 Å². The Kier molecular flexibility index (Phi) is 5.75. The molecule has 21 heavy (non-hydrogen) atoms. The van der Waals surface area contributed by atoms with E-state index < -0.39 is 6.10 Å². The summed E-state index contributed by atoms with van der Waals surface area (Å²) >= 11 is 9.62. The van der Waals surface area contributed by atoms with Crippen molar-refractivity contribution in [1.29, 1.82) is 0 Å². The molecule has 1 aliphatic carbocycles. The number of benzene rings is 1. The Morgan fingerprint density at radius 2 is 2.00 bits per heavy atom. The predicted molar refractivity (Wildman–Crippen MR) is 92.4 cm³/mol. The van der Waals surface area contributed by atoms with E-state index in [-0.39, 0.29) is 5.41 Å². The molecule has 118 valence electrons. The quantitative estimate of drug-likeness (QED) is 0.785. The second-order valence-electron chi connectivity index (χ2n) is 6.72. The van der Waals surface area contributed by atoms with E-state index in [1.54, 1.807) is 0 Å². The van der Waals surface area contributed by atoms with Gasteiger partial charge in [-0.3, -0.25) is 0 Å². The molecule has 3 N–H and O–H groups in total. The maximum atomic E-state index is 11.0. The number of nitrogens with two attached hydrogens (primary N) is 1. The maximum absolute atomic E-state index is 11.0. The van der Waals surface area contributed by atoms with Gasteiger partial charge in [0.05, 0.1) is 6.10 Å². The fourth-order valence-electron chi connectivity index (χ4n) is 3.52. The molecule has 4 heteroatoms. The van der Waals surface area contributed by atoms with Crippen LogP contribution in [0, 0.1) is 17.3 Å². The number of hydrogen-bond donors (Lipinski definition) is 2. The SMILES string of the molecule is CC(C)C1CCC(CN)(C(O)c2cc(Cl)ccc2Br)CC1. The molecule has 0 bridgehead atoms. The molecule has 1 aromatic rings. The topological polar surface area (TPSA) is 46.2 Å². The lowest BCUT2D eigenvalue weighted by Gasteiger charge is -2.44. The Morgan fingerprint density at radius 1 is 1.38 bits per heavy atom. The van der Waals surface area contributed by atoms with E-state index >= 15 is 0 Å². The van der Waals surface area contributed by atoms with E-state index in [4.69, 9.17) is 17.3 Å². The molecule has 0 amide bonds. The Hall–Kier alpha value is -0.0900. The van der Waals surface area contributed by atoms with Gasteiger partial charge < -0.3 is 10.8 Å². The van der Waals surface area contributed by atoms with Crippen molar-refractivity contribution in [2.75, 3.05) is 6.54 Å². The van der Waals surface area contributed by atoms with Gasteiger partial charge in [-0.2, -0.15) is 0 Å². The maximum Gasteiger partial charge on any atom is 0.0869 e. The van der Waals surface area contributed by atoms with Crippen molar-refractivity contribution < 1.29 is 5.11 Å². The molecule has 1 atom stereocenters. The summed E-state index contributed by atoms with van der Waals surface area (Å²) < 4.78 is 0.901. The first-order chi connectivity index (χ1) is 9.89. The molecule has 2 rings (SSSR count). The molecule has 0 radical (unpaired) electrons. The van der Waals surface area contributed by atoms with Crippen LogP contribution < -0.4 is 5.73 Å².